The van der Waals surface area contributed by atoms with E-state index in [1.807, 2.05) is 18.2 Å². The van der Waals surface area contributed by atoms with Crippen molar-refractivity contribution in [2.75, 3.05) is 10.5 Å². The molecule has 4 rings (SSSR count). The Hall–Kier alpha value is -1.82. The van der Waals surface area contributed by atoms with Gasteiger partial charge in [0.25, 0.3) is 0 Å². The number of Topliss-reactive ketones (excluding diaryl/α,β-unsaturated/α-hetero) is 1. The molecule has 3 atom stereocenters. The highest BCUT2D eigenvalue weighted by Gasteiger charge is 2.58. The largest absolute Gasteiger partial charge is 0.358 e. The van der Waals surface area contributed by atoms with Crippen LogP contribution in [0.5, 0.6) is 0 Å². The van der Waals surface area contributed by atoms with Gasteiger partial charge in [-0.1, -0.05) is 40.7 Å². The van der Waals surface area contributed by atoms with Gasteiger partial charge in [-0.25, -0.2) is 8.42 Å². The average molecular weight is 403 g/mol. The van der Waals surface area contributed by atoms with E-state index in [0.717, 1.165) is 23.0 Å². The van der Waals surface area contributed by atoms with Gasteiger partial charge in [0.05, 0.1) is 11.4 Å². The maximum absolute atomic E-state index is 13.0. The van der Waals surface area contributed by atoms with Gasteiger partial charge in [-0.15, -0.1) is 0 Å². The van der Waals surface area contributed by atoms with E-state index in [-0.39, 0.29) is 34.2 Å². The Morgan fingerprint density at radius 1 is 1.25 bits per heavy atom. The molecule has 2 bridgehead atoms. The van der Waals surface area contributed by atoms with Crippen molar-refractivity contribution in [2.24, 2.45) is 23.2 Å². The lowest BCUT2D eigenvalue weighted by molar-refractivity contribution is -0.123. The molecule has 2 aliphatic rings. The first-order valence-corrected chi connectivity index (χ1v) is 11.7. The van der Waals surface area contributed by atoms with E-state index >= 15 is 0 Å². The summed E-state index contributed by atoms with van der Waals surface area (Å²) in [5, 5.41) is 0.875. The summed E-state index contributed by atoms with van der Waals surface area (Å²) in [4.78, 5) is 15.8. The summed E-state index contributed by atoms with van der Waals surface area (Å²) in [6.07, 6.45) is 1.44. The predicted octanol–water partition coefficient (Wildman–Crippen LogP) is 4.46. The second kappa shape index (κ2) is 6.09. The SMILES string of the molecule is CC(C)(C)c1cc2c(NS(=O)(=O)CC3CC4CC(=O)C3C4(C)C)cccc2[nH]1. The number of ketones is 1. The molecule has 3 unspecified atom stereocenters. The second-order valence-corrected chi connectivity index (χ2v) is 12.0. The third kappa shape index (κ3) is 3.15. The van der Waals surface area contributed by atoms with Crippen LogP contribution in [0.3, 0.4) is 0 Å². The van der Waals surface area contributed by atoms with Crippen LogP contribution in [0.15, 0.2) is 24.3 Å². The quantitative estimate of drug-likeness (QED) is 0.792. The van der Waals surface area contributed by atoms with Gasteiger partial charge in [0, 0.05) is 34.4 Å². The van der Waals surface area contributed by atoms with Crippen LogP contribution in [0.1, 0.15) is 53.2 Å². The molecule has 0 amide bonds. The summed E-state index contributed by atoms with van der Waals surface area (Å²) in [6, 6.07) is 7.64. The van der Waals surface area contributed by atoms with Crippen LogP contribution in [0.2, 0.25) is 0 Å². The Balaban J connectivity index is 1.59. The van der Waals surface area contributed by atoms with E-state index in [1.165, 1.54) is 0 Å². The predicted molar refractivity (Wildman–Crippen MR) is 113 cm³/mol. The number of fused-ring (bicyclic) bond motifs is 3. The molecular weight excluding hydrogens is 372 g/mol. The summed E-state index contributed by atoms with van der Waals surface area (Å²) >= 11 is 0. The van der Waals surface area contributed by atoms with Crippen LogP contribution in [-0.4, -0.2) is 24.9 Å². The zero-order valence-electron chi connectivity index (χ0n) is 17.3. The molecule has 0 saturated heterocycles. The van der Waals surface area contributed by atoms with Crippen LogP contribution in [0, 0.1) is 23.2 Å². The number of hydrogen-bond acceptors (Lipinski definition) is 3. The second-order valence-electron chi connectivity index (χ2n) is 10.2. The standard InChI is InChI=1S/C22H30N2O3S/c1-21(2,3)19-11-15-16(23-19)7-6-8-17(15)24-28(26,27)12-13-9-14-10-18(25)20(13)22(14,4)5/h6-8,11,13-14,20,23-24H,9-10,12H2,1-5H3. The van der Waals surface area contributed by atoms with Crippen molar-refractivity contribution in [3.63, 3.8) is 0 Å². The molecule has 0 spiro atoms. The van der Waals surface area contributed by atoms with Crippen LogP contribution in [-0.2, 0) is 20.2 Å². The number of aromatic amines is 1. The lowest BCUT2D eigenvalue weighted by atomic mass is 9.80. The third-order valence-electron chi connectivity index (χ3n) is 6.88. The Bertz CT molecular complexity index is 1040. The summed E-state index contributed by atoms with van der Waals surface area (Å²) < 4.78 is 28.7. The molecule has 2 N–H and O–H groups in total. The van der Waals surface area contributed by atoms with Gasteiger partial charge in [0.2, 0.25) is 10.0 Å². The molecule has 6 heteroatoms. The van der Waals surface area contributed by atoms with Gasteiger partial charge in [0.1, 0.15) is 5.78 Å². The van der Waals surface area contributed by atoms with E-state index in [0.29, 0.717) is 18.0 Å². The molecule has 2 fully saturated rings. The molecule has 0 radical (unpaired) electrons. The summed E-state index contributed by atoms with van der Waals surface area (Å²) in [5.74, 6) is 0.339. The fraction of sp³-hybridized carbons (Fsp3) is 0.591. The molecule has 1 aromatic heterocycles. The number of H-pyrrole nitrogens is 1. The number of rotatable bonds is 4. The van der Waals surface area contributed by atoms with E-state index in [1.54, 1.807) is 6.07 Å². The number of sulfonamides is 1. The number of carbonyl (C=O) groups excluding carboxylic acids is 1. The normalized spacial score (nSPS) is 26.9. The molecule has 2 aromatic rings. The van der Waals surface area contributed by atoms with Crippen molar-refractivity contribution in [3.8, 4) is 0 Å². The molecule has 0 aliphatic heterocycles. The highest BCUT2D eigenvalue weighted by molar-refractivity contribution is 7.92. The molecule has 152 valence electrons. The van der Waals surface area contributed by atoms with Gasteiger partial charge in [-0.3, -0.25) is 9.52 Å². The molecule has 2 aliphatic carbocycles. The molecule has 2 saturated carbocycles. The van der Waals surface area contributed by atoms with Gasteiger partial charge < -0.3 is 4.98 Å². The van der Waals surface area contributed by atoms with Gasteiger partial charge in [0.15, 0.2) is 0 Å². The Kier molecular flexibility index (Phi) is 4.24. The number of benzene rings is 1. The minimum atomic E-state index is -3.55. The van der Waals surface area contributed by atoms with Crippen LogP contribution in [0.25, 0.3) is 10.9 Å². The molecular formula is C22H30N2O3S. The van der Waals surface area contributed by atoms with Gasteiger partial charge in [-0.2, -0.15) is 0 Å². The summed E-state index contributed by atoms with van der Waals surface area (Å²) in [7, 11) is -3.55. The number of aromatic nitrogens is 1. The molecule has 5 nitrogen and oxygen atoms in total. The van der Waals surface area contributed by atoms with E-state index in [4.69, 9.17) is 0 Å². The minimum Gasteiger partial charge on any atom is -0.358 e. The highest BCUT2D eigenvalue weighted by Crippen LogP contribution is 2.58. The fourth-order valence-corrected chi connectivity index (χ4v) is 6.85. The monoisotopic (exact) mass is 402 g/mol. The molecule has 1 heterocycles. The topological polar surface area (TPSA) is 79.0 Å². The van der Waals surface area contributed by atoms with Crippen LogP contribution < -0.4 is 4.72 Å². The van der Waals surface area contributed by atoms with Crippen molar-refractivity contribution in [1.29, 1.82) is 0 Å². The van der Waals surface area contributed by atoms with Gasteiger partial charge >= 0.3 is 0 Å². The van der Waals surface area contributed by atoms with Crippen LogP contribution >= 0.6 is 0 Å². The highest BCUT2D eigenvalue weighted by atomic mass is 32.2. The summed E-state index contributed by atoms with van der Waals surface area (Å²) in [5.41, 5.74) is 2.44. The van der Waals surface area contributed by atoms with Crippen LogP contribution in [0.4, 0.5) is 5.69 Å². The lowest BCUT2D eigenvalue weighted by Crippen LogP contribution is -2.32. The summed E-state index contributed by atoms with van der Waals surface area (Å²) in [6.45, 7) is 10.6. The minimum absolute atomic E-state index is 0.0102. The number of anilines is 1. The zero-order valence-corrected chi connectivity index (χ0v) is 18.1. The number of hydrogen-bond donors (Lipinski definition) is 2. The Labute approximate surface area is 167 Å². The fourth-order valence-electron chi connectivity index (χ4n) is 5.36. The zero-order chi connectivity index (χ0) is 20.5. The van der Waals surface area contributed by atoms with Crippen molar-refractivity contribution >= 4 is 32.4 Å². The van der Waals surface area contributed by atoms with Crippen molar-refractivity contribution in [2.45, 2.75) is 52.9 Å². The maximum atomic E-state index is 13.0. The third-order valence-corrected chi connectivity index (χ3v) is 8.28. The molecule has 1 aromatic carbocycles. The average Bonchev–Trinajstić information content (AvgIpc) is 3.13. The Morgan fingerprint density at radius 2 is 1.96 bits per heavy atom. The first-order valence-electron chi connectivity index (χ1n) is 10.0. The first-order chi connectivity index (χ1) is 12.9. The van der Waals surface area contributed by atoms with Crippen molar-refractivity contribution < 1.29 is 13.2 Å². The molecule has 28 heavy (non-hydrogen) atoms. The van der Waals surface area contributed by atoms with E-state index in [2.05, 4.69) is 44.3 Å². The maximum Gasteiger partial charge on any atom is 0.233 e. The van der Waals surface area contributed by atoms with E-state index in [9.17, 15) is 13.2 Å². The Morgan fingerprint density at radius 3 is 2.57 bits per heavy atom. The van der Waals surface area contributed by atoms with Gasteiger partial charge in [-0.05, 0) is 41.9 Å². The number of carbonyl (C=O) groups is 1. The van der Waals surface area contributed by atoms with Crippen molar-refractivity contribution in [3.05, 3.63) is 30.0 Å². The smallest absolute Gasteiger partial charge is 0.233 e. The van der Waals surface area contributed by atoms with Crippen molar-refractivity contribution in [1.82, 2.24) is 4.98 Å². The lowest BCUT2D eigenvalue weighted by Gasteiger charge is -2.25. The first kappa shape index (κ1) is 19.5. The number of nitrogens with one attached hydrogen (secondary N) is 2. The van der Waals surface area contributed by atoms with E-state index < -0.39 is 10.0 Å².